The van der Waals surface area contributed by atoms with E-state index in [4.69, 9.17) is 10.8 Å². The van der Waals surface area contributed by atoms with Gasteiger partial charge in [0.2, 0.25) is 5.91 Å². The van der Waals surface area contributed by atoms with E-state index in [1.807, 2.05) is 0 Å². The number of carbonyl (C=O) groups excluding carboxylic acids is 2. The van der Waals surface area contributed by atoms with Crippen molar-refractivity contribution in [3.63, 3.8) is 0 Å². The van der Waals surface area contributed by atoms with E-state index in [0.29, 0.717) is 0 Å². The zero-order valence-corrected chi connectivity index (χ0v) is 7.90. The summed E-state index contributed by atoms with van der Waals surface area (Å²) in [6.07, 6.45) is 0. The Labute approximate surface area is 80.6 Å². The van der Waals surface area contributed by atoms with E-state index in [0.717, 1.165) is 0 Å². The molecule has 0 aromatic carbocycles. The van der Waals surface area contributed by atoms with Crippen LogP contribution in [0.4, 0.5) is 4.79 Å². The lowest BCUT2D eigenvalue weighted by atomic mass is 10.2. The number of amides is 3. The molecule has 0 aliphatic heterocycles. The van der Waals surface area contributed by atoms with Crippen LogP contribution >= 0.6 is 0 Å². The third-order valence-electron chi connectivity index (χ3n) is 1.48. The van der Waals surface area contributed by atoms with Crippen molar-refractivity contribution in [3.8, 4) is 0 Å². The van der Waals surface area contributed by atoms with Gasteiger partial charge in [0.1, 0.15) is 12.1 Å². The zero-order chi connectivity index (χ0) is 11.3. The molecule has 0 rings (SSSR count). The van der Waals surface area contributed by atoms with Crippen molar-refractivity contribution in [2.45, 2.75) is 25.9 Å². The Morgan fingerprint density at radius 1 is 1.14 bits per heavy atom. The first-order valence-corrected chi connectivity index (χ1v) is 3.93. The number of hydrogen-bond donors (Lipinski definition) is 4. The molecule has 0 fully saturated rings. The second kappa shape index (κ2) is 5.05. The smallest absolute Gasteiger partial charge is 0.325 e. The Hall–Kier alpha value is -1.79. The monoisotopic (exact) mass is 203 g/mol. The van der Waals surface area contributed by atoms with E-state index >= 15 is 0 Å². The van der Waals surface area contributed by atoms with Gasteiger partial charge in [-0.1, -0.05) is 0 Å². The molecule has 14 heavy (non-hydrogen) atoms. The average Bonchev–Trinajstić information content (AvgIpc) is 2.02. The van der Waals surface area contributed by atoms with Crippen LogP contribution < -0.4 is 16.4 Å². The number of nitrogens with two attached hydrogens (primary N) is 1. The van der Waals surface area contributed by atoms with Crippen LogP contribution in [0.25, 0.3) is 0 Å². The maximum absolute atomic E-state index is 11.1. The summed E-state index contributed by atoms with van der Waals surface area (Å²) in [5.41, 5.74) is 4.78. The lowest BCUT2D eigenvalue weighted by Crippen LogP contribution is -2.50. The molecule has 0 aliphatic carbocycles. The molecule has 7 nitrogen and oxygen atoms in total. The van der Waals surface area contributed by atoms with Crippen molar-refractivity contribution in [3.05, 3.63) is 0 Å². The molecular weight excluding hydrogens is 190 g/mol. The topological polar surface area (TPSA) is 122 Å². The number of primary amides is 1. The molecule has 1 unspecified atom stereocenters. The molecule has 0 heterocycles. The zero-order valence-electron chi connectivity index (χ0n) is 7.90. The Morgan fingerprint density at radius 3 is 2.00 bits per heavy atom. The second-order valence-electron chi connectivity index (χ2n) is 2.80. The number of aliphatic carboxylic acids is 1. The standard InChI is InChI=1S/C7H13N3O4/c1-3(10-7(8)14)5(11)9-4(2)6(12)13/h3-4H,1-2H3,(H,9,11)(H,12,13)(H3,8,10,14)/t3?,4-/m1/s1. The fourth-order valence-corrected chi connectivity index (χ4v) is 0.679. The van der Waals surface area contributed by atoms with Crippen LogP contribution in [0, 0.1) is 0 Å². The molecule has 7 heteroatoms. The van der Waals surface area contributed by atoms with E-state index in [9.17, 15) is 14.4 Å². The van der Waals surface area contributed by atoms with Gasteiger partial charge >= 0.3 is 12.0 Å². The van der Waals surface area contributed by atoms with Crippen molar-refractivity contribution in [1.82, 2.24) is 10.6 Å². The van der Waals surface area contributed by atoms with Crippen LogP contribution in [0.2, 0.25) is 0 Å². The lowest BCUT2D eigenvalue weighted by Gasteiger charge is -2.14. The quantitative estimate of drug-likeness (QED) is 0.450. The first-order valence-electron chi connectivity index (χ1n) is 3.93. The van der Waals surface area contributed by atoms with Gasteiger partial charge in [0, 0.05) is 0 Å². The number of hydrogen-bond acceptors (Lipinski definition) is 3. The molecule has 3 amide bonds. The minimum Gasteiger partial charge on any atom is -0.480 e. The van der Waals surface area contributed by atoms with Gasteiger partial charge in [0.05, 0.1) is 0 Å². The summed E-state index contributed by atoms with van der Waals surface area (Å²) in [5.74, 6) is -1.75. The van der Waals surface area contributed by atoms with Crippen LogP contribution in [0.3, 0.4) is 0 Å². The van der Waals surface area contributed by atoms with Crippen molar-refractivity contribution < 1.29 is 19.5 Å². The molecule has 0 spiro atoms. The Kier molecular flexibility index (Phi) is 4.41. The van der Waals surface area contributed by atoms with Crippen molar-refractivity contribution in [1.29, 1.82) is 0 Å². The first-order chi connectivity index (χ1) is 6.34. The largest absolute Gasteiger partial charge is 0.480 e. The van der Waals surface area contributed by atoms with Crippen LogP contribution in [-0.2, 0) is 9.59 Å². The highest BCUT2D eigenvalue weighted by Gasteiger charge is 2.19. The number of carboxylic acid groups (broad SMARTS) is 1. The number of nitrogens with one attached hydrogen (secondary N) is 2. The van der Waals surface area contributed by atoms with E-state index in [1.165, 1.54) is 13.8 Å². The molecule has 0 aromatic heterocycles. The molecule has 0 saturated carbocycles. The van der Waals surface area contributed by atoms with Crippen LogP contribution in [0.5, 0.6) is 0 Å². The van der Waals surface area contributed by atoms with Gasteiger partial charge in [-0.25, -0.2) is 4.79 Å². The minimum absolute atomic E-state index is 0.598. The number of carbonyl (C=O) groups is 3. The Balaban J connectivity index is 4.07. The maximum atomic E-state index is 11.1. The SMILES string of the molecule is CC(NC(N)=O)C(=O)N[C@H](C)C(=O)O. The number of urea groups is 1. The second-order valence-corrected chi connectivity index (χ2v) is 2.80. The van der Waals surface area contributed by atoms with Crippen LogP contribution in [0.15, 0.2) is 0 Å². The van der Waals surface area contributed by atoms with E-state index < -0.39 is 30.0 Å². The fraction of sp³-hybridized carbons (Fsp3) is 0.571. The minimum atomic E-state index is -1.15. The summed E-state index contributed by atoms with van der Waals surface area (Å²) in [6, 6.07) is -2.69. The predicted octanol–water partition coefficient (Wildman–Crippen LogP) is -1.37. The van der Waals surface area contributed by atoms with Gasteiger partial charge in [-0.15, -0.1) is 0 Å². The molecule has 0 saturated heterocycles. The molecule has 2 atom stereocenters. The highest BCUT2D eigenvalue weighted by atomic mass is 16.4. The number of rotatable bonds is 4. The van der Waals surface area contributed by atoms with Gasteiger partial charge in [0.25, 0.3) is 0 Å². The summed E-state index contributed by atoms with van der Waals surface area (Å²) < 4.78 is 0. The van der Waals surface area contributed by atoms with Gasteiger partial charge in [-0.3, -0.25) is 9.59 Å². The molecular formula is C7H13N3O4. The molecule has 0 aliphatic rings. The van der Waals surface area contributed by atoms with Crippen molar-refractivity contribution >= 4 is 17.9 Å². The van der Waals surface area contributed by atoms with Crippen LogP contribution in [-0.4, -0.2) is 35.1 Å². The molecule has 5 N–H and O–H groups in total. The third-order valence-corrected chi connectivity index (χ3v) is 1.48. The molecule has 0 aromatic rings. The summed E-state index contributed by atoms with van der Waals surface area (Å²) in [6.45, 7) is 2.71. The molecule has 0 radical (unpaired) electrons. The lowest BCUT2D eigenvalue weighted by molar-refractivity contribution is -0.141. The van der Waals surface area contributed by atoms with Gasteiger partial charge in [-0.05, 0) is 13.8 Å². The van der Waals surface area contributed by atoms with E-state index in [1.54, 1.807) is 0 Å². The molecule has 0 bridgehead atoms. The summed E-state index contributed by atoms with van der Waals surface area (Å²) in [5, 5.41) is 12.8. The van der Waals surface area contributed by atoms with Gasteiger partial charge in [0.15, 0.2) is 0 Å². The first kappa shape index (κ1) is 12.2. The van der Waals surface area contributed by atoms with Crippen LogP contribution in [0.1, 0.15) is 13.8 Å². The normalized spacial score (nSPS) is 13.9. The van der Waals surface area contributed by atoms with E-state index in [-0.39, 0.29) is 0 Å². The fourth-order valence-electron chi connectivity index (χ4n) is 0.679. The maximum Gasteiger partial charge on any atom is 0.325 e. The van der Waals surface area contributed by atoms with Gasteiger partial charge in [-0.2, -0.15) is 0 Å². The Bertz CT molecular complexity index is 253. The summed E-state index contributed by atoms with van der Waals surface area (Å²) in [7, 11) is 0. The predicted molar refractivity (Wildman–Crippen MR) is 47.4 cm³/mol. The highest BCUT2D eigenvalue weighted by molar-refractivity contribution is 5.89. The van der Waals surface area contributed by atoms with Gasteiger partial charge < -0.3 is 21.5 Å². The Morgan fingerprint density at radius 2 is 1.64 bits per heavy atom. The average molecular weight is 203 g/mol. The summed E-state index contributed by atoms with van der Waals surface area (Å²) >= 11 is 0. The third kappa shape index (κ3) is 4.29. The van der Waals surface area contributed by atoms with E-state index in [2.05, 4.69) is 10.6 Å². The van der Waals surface area contributed by atoms with Crippen molar-refractivity contribution in [2.75, 3.05) is 0 Å². The van der Waals surface area contributed by atoms with Crippen molar-refractivity contribution in [2.24, 2.45) is 5.73 Å². The molecule has 80 valence electrons. The summed E-state index contributed by atoms with van der Waals surface area (Å²) in [4.78, 5) is 31.9. The highest BCUT2D eigenvalue weighted by Crippen LogP contribution is 1.86. The number of carboxylic acids is 1.